The van der Waals surface area contributed by atoms with Crippen LogP contribution in [0.3, 0.4) is 0 Å². The molecule has 0 bridgehead atoms. The van der Waals surface area contributed by atoms with Crippen molar-refractivity contribution in [2.45, 2.75) is 12.5 Å². The molecule has 1 aromatic heterocycles. The number of benzene rings is 1. The normalized spacial score (nSPS) is 17.4. The summed E-state index contributed by atoms with van der Waals surface area (Å²) in [4.78, 5) is 59.9. The number of esters is 1. The molecule has 1 aromatic carbocycles. The van der Waals surface area contributed by atoms with E-state index in [2.05, 4.69) is 4.74 Å². The van der Waals surface area contributed by atoms with Crippen molar-refractivity contribution >= 4 is 29.5 Å². The Morgan fingerprint density at radius 3 is 2.43 bits per heavy atom. The van der Waals surface area contributed by atoms with E-state index in [1.165, 1.54) is 12.1 Å². The molecular formula is C19H12O9. The van der Waals surface area contributed by atoms with Crippen LogP contribution in [-0.2, 0) is 19.0 Å². The zero-order valence-electron chi connectivity index (χ0n) is 14.3. The lowest BCUT2D eigenvalue weighted by molar-refractivity contribution is -0.144. The average molecular weight is 384 g/mol. The summed E-state index contributed by atoms with van der Waals surface area (Å²) in [5.41, 5.74) is 0.407. The fourth-order valence-electron chi connectivity index (χ4n) is 2.91. The third-order valence-electron chi connectivity index (χ3n) is 4.26. The molecule has 1 aliphatic carbocycles. The lowest BCUT2D eigenvalue weighted by Gasteiger charge is -2.11. The van der Waals surface area contributed by atoms with Gasteiger partial charge in [-0.05, 0) is 6.07 Å². The first-order valence-electron chi connectivity index (χ1n) is 8.28. The number of Topliss-reactive ketones (excluding diaryl/α,β-unsaturated/α-hetero) is 1. The quantitative estimate of drug-likeness (QED) is 0.367. The van der Waals surface area contributed by atoms with Crippen LogP contribution < -0.4 is 0 Å². The first-order valence-corrected chi connectivity index (χ1v) is 8.28. The molecule has 4 rings (SSSR count). The van der Waals surface area contributed by atoms with Gasteiger partial charge >= 0.3 is 12.1 Å². The van der Waals surface area contributed by atoms with Crippen molar-refractivity contribution in [1.82, 2.24) is 0 Å². The molecule has 2 aliphatic rings. The predicted molar refractivity (Wildman–Crippen MR) is 88.1 cm³/mol. The number of cyclic esters (lactones) is 2. The first-order chi connectivity index (χ1) is 13.4. The topological polar surface area (TPSA) is 126 Å². The molecule has 0 N–H and O–H groups in total. The van der Waals surface area contributed by atoms with Crippen LogP contribution in [0, 0.1) is 0 Å². The maximum atomic E-state index is 12.5. The molecule has 1 saturated heterocycles. The van der Waals surface area contributed by atoms with Gasteiger partial charge in [0.2, 0.25) is 11.6 Å². The van der Waals surface area contributed by atoms with Crippen LogP contribution in [0.4, 0.5) is 4.79 Å². The fraction of sp³-hybridized carbons (Fsp3) is 0.211. The SMILES string of the molecule is O=C(CC(=O)c1cc2c(o1)C(=O)c1ccccc1C2=O)OCC1COC(=O)O1. The van der Waals surface area contributed by atoms with E-state index < -0.39 is 42.0 Å². The monoisotopic (exact) mass is 384 g/mol. The van der Waals surface area contributed by atoms with Crippen LogP contribution >= 0.6 is 0 Å². The lowest BCUT2D eigenvalue weighted by atomic mass is 9.88. The Bertz CT molecular complexity index is 977. The number of hydrogen-bond acceptors (Lipinski definition) is 9. The highest BCUT2D eigenvalue weighted by molar-refractivity contribution is 6.28. The second-order valence-electron chi connectivity index (χ2n) is 6.14. The van der Waals surface area contributed by atoms with Gasteiger partial charge in [-0.25, -0.2) is 4.79 Å². The van der Waals surface area contributed by atoms with Crippen molar-refractivity contribution in [3.05, 3.63) is 58.5 Å². The standard InChI is InChI=1S/C19H12O9/c20-13(6-15(21)25-7-9-8-26-19(24)27-9)14-5-12-16(22)10-3-1-2-4-11(10)17(23)18(12)28-14/h1-5,9H,6-8H2. The second kappa shape index (κ2) is 6.76. The largest absolute Gasteiger partial charge is 0.508 e. The van der Waals surface area contributed by atoms with Gasteiger partial charge in [0.1, 0.15) is 19.6 Å². The number of carbonyl (C=O) groups excluding carboxylic acids is 5. The van der Waals surface area contributed by atoms with Crippen LogP contribution in [0.2, 0.25) is 0 Å². The lowest BCUT2D eigenvalue weighted by Crippen LogP contribution is -2.22. The molecule has 28 heavy (non-hydrogen) atoms. The van der Waals surface area contributed by atoms with E-state index in [-0.39, 0.29) is 41.4 Å². The van der Waals surface area contributed by atoms with Crippen LogP contribution in [0.5, 0.6) is 0 Å². The minimum atomic E-state index is -0.872. The van der Waals surface area contributed by atoms with Crippen LogP contribution in [0.15, 0.2) is 34.7 Å². The summed E-state index contributed by atoms with van der Waals surface area (Å²) in [5, 5.41) is 0. The Kier molecular flexibility index (Phi) is 4.26. The first kappa shape index (κ1) is 17.7. The summed E-state index contributed by atoms with van der Waals surface area (Å²) in [5.74, 6) is -3.07. The summed E-state index contributed by atoms with van der Waals surface area (Å²) in [7, 11) is 0. The van der Waals surface area contributed by atoms with Gasteiger partial charge in [0.15, 0.2) is 23.4 Å². The van der Waals surface area contributed by atoms with E-state index in [4.69, 9.17) is 13.9 Å². The highest BCUT2D eigenvalue weighted by Gasteiger charge is 2.35. The minimum absolute atomic E-state index is 0.0181. The molecule has 142 valence electrons. The van der Waals surface area contributed by atoms with Gasteiger partial charge in [0.25, 0.3) is 0 Å². The number of ketones is 3. The van der Waals surface area contributed by atoms with Crippen LogP contribution in [-0.4, -0.2) is 48.8 Å². The summed E-state index contributed by atoms with van der Waals surface area (Å²) < 4.78 is 19.4. The molecule has 0 amide bonds. The molecule has 1 unspecified atom stereocenters. The van der Waals surface area contributed by atoms with Gasteiger partial charge in [-0.3, -0.25) is 19.2 Å². The van der Waals surface area contributed by atoms with E-state index in [1.807, 2.05) is 0 Å². The average Bonchev–Trinajstić information content (AvgIpc) is 3.31. The molecule has 9 heteroatoms. The maximum absolute atomic E-state index is 12.5. The summed E-state index contributed by atoms with van der Waals surface area (Å²) in [6.45, 7) is -0.297. The zero-order chi connectivity index (χ0) is 19.8. The fourth-order valence-corrected chi connectivity index (χ4v) is 2.91. The third-order valence-corrected chi connectivity index (χ3v) is 4.26. The molecule has 2 aromatic rings. The van der Waals surface area contributed by atoms with E-state index in [1.54, 1.807) is 12.1 Å². The number of ether oxygens (including phenoxy) is 3. The van der Waals surface area contributed by atoms with Crippen molar-refractivity contribution in [3.63, 3.8) is 0 Å². The van der Waals surface area contributed by atoms with E-state index in [9.17, 15) is 24.0 Å². The van der Waals surface area contributed by atoms with Crippen LogP contribution in [0.1, 0.15) is 49.0 Å². The van der Waals surface area contributed by atoms with Gasteiger partial charge in [-0.15, -0.1) is 0 Å². The van der Waals surface area contributed by atoms with Gasteiger partial charge in [0.05, 0.1) is 5.56 Å². The smallest absolute Gasteiger partial charge is 0.461 e. The van der Waals surface area contributed by atoms with Crippen LogP contribution in [0.25, 0.3) is 0 Å². The molecular weight excluding hydrogens is 372 g/mol. The van der Waals surface area contributed by atoms with Crippen molar-refractivity contribution in [2.75, 3.05) is 13.2 Å². The van der Waals surface area contributed by atoms with Gasteiger partial charge in [-0.2, -0.15) is 0 Å². The Labute approximate surface area is 157 Å². The molecule has 0 saturated carbocycles. The van der Waals surface area contributed by atoms with Crippen molar-refractivity contribution < 1.29 is 42.6 Å². The van der Waals surface area contributed by atoms with E-state index in [0.717, 1.165) is 6.07 Å². The molecule has 9 nitrogen and oxygen atoms in total. The highest BCUT2D eigenvalue weighted by atomic mass is 16.8. The molecule has 1 fully saturated rings. The van der Waals surface area contributed by atoms with Crippen molar-refractivity contribution in [1.29, 1.82) is 0 Å². The summed E-state index contributed by atoms with van der Waals surface area (Å²) in [6, 6.07) is 7.42. The Morgan fingerprint density at radius 2 is 1.75 bits per heavy atom. The second-order valence-corrected chi connectivity index (χ2v) is 6.14. The molecule has 2 heterocycles. The maximum Gasteiger partial charge on any atom is 0.508 e. The molecule has 1 atom stereocenters. The van der Waals surface area contributed by atoms with Crippen molar-refractivity contribution in [3.8, 4) is 0 Å². The Balaban J connectivity index is 1.45. The van der Waals surface area contributed by atoms with E-state index in [0.29, 0.717) is 0 Å². The van der Waals surface area contributed by atoms with E-state index >= 15 is 0 Å². The molecule has 0 radical (unpaired) electrons. The van der Waals surface area contributed by atoms with Crippen molar-refractivity contribution in [2.24, 2.45) is 0 Å². The Hall–Kier alpha value is -3.75. The zero-order valence-corrected chi connectivity index (χ0v) is 14.3. The minimum Gasteiger partial charge on any atom is -0.461 e. The highest BCUT2D eigenvalue weighted by Crippen LogP contribution is 2.30. The number of fused-ring (bicyclic) bond motifs is 2. The molecule has 0 spiro atoms. The number of hydrogen-bond donors (Lipinski definition) is 0. The number of furan rings is 1. The number of carbonyl (C=O) groups is 5. The van der Waals surface area contributed by atoms with Gasteiger partial charge < -0.3 is 18.6 Å². The predicted octanol–water partition coefficient (Wildman–Crippen LogP) is 1.71. The molecule has 1 aliphatic heterocycles. The third kappa shape index (κ3) is 3.07. The number of rotatable bonds is 5. The summed E-state index contributed by atoms with van der Waals surface area (Å²) in [6.07, 6.45) is -2.24. The van der Waals surface area contributed by atoms with Gasteiger partial charge in [0, 0.05) is 11.1 Å². The Morgan fingerprint density at radius 1 is 1.04 bits per heavy atom. The van der Waals surface area contributed by atoms with Gasteiger partial charge in [-0.1, -0.05) is 24.3 Å². The summed E-state index contributed by atoms with van der Waals surface area (Å²) >= 11 is 0.